The molecule has 3 rings (SSSR count). The van der Waals surface area contributed by atoms with Crippen molar-refractivity contribution < 1.29 is 0 Å². The van der Waals surface area contributed by atoms with Crippen LogP contribution >= 0.6 is 12.6 Å². The lowest BCUT2D eigenvalue weighted by atomic mass is 10.0. The Balaban J connectivity index is 2.63. The van der Waals surface area contributed by atoms with E-state index in [2.05, 4.69) is 55.1 Å². The van der Waals surface area contributed by atoms with Gasteiger partial charge >= 0.3 is 0 Å². The van der Waals surface area contributed by atoms with Gasteiger partial charge in [0.2, 0.25) is 0 Å². The summed E-state index contributed by atoms with van der Waals surface area (Å²) in [6.45, 7) is 0. The average molecular weight is 212 g/mol. The molecule has 0 amide bonds. The van der Waals surface area contributed by atoms with Gasteiger partial charge in [-0.25, -0.2) is 0 Å². The maximum atomic E-state index is 4.56. The van der Waals surface area contributed by atoms with Gasteiger partial charge in [0.1, 0.15) is 0 Å². The minimum Gasteiger partial charge on any atom is -0.143 e. The van der Waals surface area contributed by atoms with Crippen LogP contribution in [0.1, 0.15) is 12.8 Å². The van der Waals surface area contributed by atoms with Crippen LogP contribution in [-0.2, 0) is 0 Å². The molecule has 1 aliphatic carbocycles. The lowest BCUT2D eigenvalue weighted by Gasteiger charge is -2.06. The molecule has 0 heterocycles. The van der Waals surface area contributed by atoms with Gasteiger partial charge in [-0.3, -0.25) is 0 Å². The molecule has 0 radical (unpaired) electrons. The standard InChI is InChI=1S/C14H12S/c15-14-9-10-5-1-2-6-11(10)12-7-3-4-8-13(12)14/h1-2,5-9,15H,3-4H2. The first-order valence-corrected chi connectivity index (χ1v) is 5.72. The maximum absolute atomic E-state index is 4.56. The second-order valence-corrected chi connectivity index (χ2v) is 4.41. The summed E-state index contributed by atoms with van der Waals surface area (Å²) in [5, 5.41) is 5.31. The van der Waals surface area contributed by atoms with Crippen LogP contribution in [0.4, 0.5) is 0 Å². The van der Waals surface area contributed by atoms with Gasteiger partial charge in [0.15, 0.2) is 0 Å². The van der Waals surface area contributed by atoms with Crippen LogP contribution in [0.15, 0.2) is 35.2 Å². The molecule has 0 atom stereocenters. The van der Waals surface area contributed by atoms with Crippen molar-refractivity contribution in [1.29, 1.82) is 0 Å². The van der Waals surface area contributed by atoms with Crippen molar-refractivity contribution in [3.05, 3.63) is 40.8 Å². The highest BCUT2D eigenvalue weighted by molar-refractivity contribution is 7.80. The smallest absolute Gasteiger partial charge is 0.0122 e. The number of rotatable bonds is 0. The Labute approximate surface area is 94.3 Å². The lowest BCUT2D eigenvalue weighted by Crippen LogP contribution is -2.28. The van der Waals surface area contributed by atoms with Crippen LogP contribution in [0.5, 0.6) is 0 Å². The van der Waals surface area contributed by atoms with Crippen molar-refractivity contribution in [2.75, 3.05) is 0 Å². The van der Waals surface area contributed by atoms with E-state index in [1.807, 2.05) is 0 Å². The van der Waals surface area contributed by atoms with E-state index in [1.54, 1.807) is 0 Å². The Morgan fingerprint density at radius 3 is 2.53 bits per heavy atom. The van der Waals surface area contributed by atoms with Gasteiger partial charge in [-0.15, -0.1) is 12.6 Å². The molecule has 2 aromatic rings. The van der Waals surface area contributed by atoms with Crippen LogP contribution in [0.3, 0.4) is 0 Å². The van der Waals surface area contributed by atoms with Crippen molar-refractivity contribution in [3.8, 4) is 0 Å². The molecule has 1 heteroatoms. The van der Waals surface area contributed by atoms with Gasteiger partial charge in [-0.2, -0.15) is 0 Å². The van der Waals surface area contributed by atoms with Crippen molar-refractivity contribution in [1.82, 2.24) is 0 Å². The van der Waals surface area contributed by atoms with Crippen LogP contribution < -0.4 is 10.4 Å². The van der Waals surface area contributed by atoms with E-state index >= 15 is 0 Å². The predicted octanol–water partition coefficient (Wildman–Crippen LogP) is 2.48. The van der Waals surface area contributed by atoms with Crippen LogP contribution in [-0.4, -0.2) is 0 Å². The monoisotopic (exact) mass is 212 g/mol. The van der Waals surface area contributed by atoms with Crippen LogP contribution in [0.2, 0.25) is 0 Å². The van der Waals surface area contributed by atoms with E-state index in [0.717, 1.165) is 17.7 Å². The molecular formula is C14H12S. The molecular weight excluding hydrogens is 200 g/mol. The fraction of sp³-hybridized carbons (Fsp3) is 0.143. The van der Waals surface area contributed by atoms with Crippen LogP contribution in [0.25, 0.3) is 22.9 Å². The Hall–Kier alpha value is -1.21. The molecule has 0 nitrogen and oxygen atoms in total. The van der Waals surface area contributed by atoms with E-state index in [9.17, 15) is 0 Å². The van der Waals surface area contributed by atoms with Gasteiger partial charge in [0.25, 0.3) is 0 Å². The number of hydrogen-bond acceptors (Lipinski definition) is 1. The first-order chi connectivity index (χ1) is 7.36. The number of hydrogen-bond donors (Lipinski definition) is 1. The van der Waals surface area contributed by atoms with E-state index in [4.69, 9.17) is 0 Å². The minimum absolute atomic E-state index is 1.10. The summed E-state index contributed by atoms with van der Waals surface area (Å²) < 4.78 is 0. The quantitative estimate of drug-likeness (QED) is 0.637. The Morgan fingerprint density at radius 2 is 1.67 bits per heavy atom. The minimum atomic E-state index is 1.10. The van der Waals surface area contributed by atoms with Gasteiger partial charge in [0, 0.05) is 4.90 Å². The first-order valence-electron chi connectivity index (χ1n) is 5.27. The third-order valence-electron chi connectivity index (χ3n) is 2.97. The normalized spacial score (nSPS) is 14.2. The average Bonchev–Trinajstić information content (AvgIpc) is 2.30. The van der Waals surface area contributed by atoms with Gasteiger partial charge in [0.05, 0.1) is 0 Å². The summed E-state index contributed by atoms with van der Waals surface area (Å²) in [6, 6.07) is 10.7. The van der Waals surface area contributed by atoms with Crippen molar-refractivity contribution in [2.24, 2.45) is 0 Å². The van der Waals surface area contributed by atoms with E-state index in [0.29, 0.717) is 0 Å². The highest BCUT2D eigenvalue weighted by Crippen LogP contribution is 2.13. The summed E-state index contributed by atoms with van der Waals surface area (Å²) in [4.78, 5) is 1.10. The van der Waals surface area contributed by atoms with Crippen molar-refractivity contribution >= 4 is 35.6 Å². The first kappa shape index (κ1) is 9.05. The lowest BCUT2D eigenvalue weighted by molar-refractivity contribution is 1.11. The zero-order valence-corrected chi connectivity index (χ0v) is 9.30. The molecule has 0 aromatic heterocycles. The summed E-state index contributed by atoms with van der Waals surface area (Å²) in [5.74, 6) is 0. The number of fused-ring (bicyclic) bond motifs is 3. The van der Waals surface area contributed by atoms with Crippen molar-refractivity contribution in [2.45, 2.75) is 17.7 Å². The van der Waals surface area contributed by atoms with Gasteiger partial charge < -0.3 is 0 Å². The summed E-state index contributed by atoms with van der Waals surface area (Å²) in [5.41, 5.74) is 0. The molecule has 0 N–H and O–H groups in total. The predicted molar refractivity (Wildman–Crippen MR) is 68.6 cm³/mol. The zero-order chi connectivity index (χ0) is 10.3. The number of thiol groups is 1. The Kier molecular flexibility index (Phi) is 2.06. The molecule has 0 fully saturated rings. The fourth-order valence-corrected chi connectivity index (χ4v) is 2.62. The third kappa shape index (κ3) is 1.38. The zero-order valence-electron chi connectivity index (χ0n) is 8.40. The van der Waals surface area contributed by atoms with E-state index in [-0.39, 0.29) is 0 Å². The molecule has 0 spiro atoms. The second kappa shape index (κ2) is 3.42. The molecule has 0 bridgehead atoms. The van der Waals surface area contributed by atoms with Crippen molar-refractivity contribution in [3.63, 3.8) is 0 Å². The molecule has 0 unspecified atom stereocenters. The van der Waals surface area contributed by atoms with Gasteiger partial charge in [-0.1, -0.05) is 36.4 Å². The molecule has 74 valence electrons. The van der Waals surface area contributed by atoms with E-state index < -0.39 is 0 Å². The molecule has 0 saturated heterocycles. The third-order valence-corrected chi connectivity index (χ3v) is 3.34. The molecule has 1 aliphatic rings. The molecule has 0 aliphatic heterocycles. The number of benzene rings is 2. The molecule has 2 aromatic carbocycles. The van der Waals surface area contributed by atoms with Crippen LogP contribution in [0, 0.1) is 0 Å². The van der Waals surface area contributed by atoms with Gasteiger partial charge in [-0.05, 0) is 40.1 Å². The largest absolute Gasteiger partial charge is 0.143 e. The molecule has 0 saturated carbocycles. The summed E-state index contributed by atoms with van der Waals surface area (Å²) in [7, 11) is 0. The topological polar surface area (TPSA) is 0 Å². The highest BCUT2D eigenvalue weighted by atomic mass is 32.1. The summed E-state index contributed by atoms with van der Waals surface area (Å²) >= 11 is 4.56. The van der Waals surface area contributed by atoms with E-state index in [1.165, 1.54) is 21.2 Å². The molecule has 15 heavy (non-hydrogen) atoms. The fourth-order valence-electron chi connectivity index (χ4n) is 2.27. The Bertz CT molecular complexity index is 638. The SMILES string of the molecule is Sc1cc2ccccc2c2c1=CCCC=2. The summed E-state index contributed by atoms with van der Waals surface area (Å²) in [6.07, 6.45) is 6.91. The highest BCUT2D eigenvalue weighted by Gasteiger charge is 2.02. The Morgan fingerprint density at radius 1 is 0.933 bits per heavy atom. The second-order valence-electron chi connectivity index (χ2n) is 3.93. The maximum Gasteiger partial charge on any atom is 0.0122 e.